The van der Waals surface area contributed by atoms with Gasteiger partial charge in [-0.1, -0.05) is 24.3 Å². The van der Waals surface area contributed by atoms with Gasteiger partial charge in [0, 0.05) is 19.7 Å². The van der Waals surface area contributed by atoms with E-state index in [1.54, 1.807) is 24.3 Å². The lowest BCUT2D eigenvalue weighted by atomic mass is 9.98. The van der Waals surface area contributed by atoms with E-state index in [-0.39, 0.29) is 9.79 Å². The standard InChI is InChI=1S/C15H20N6O4S2/c1-21(2)27(24,25)11-8-6-10(7-9-11)12-4-3-5-13(26(16,22)23)14(12)15-17-19-20-18-15/h3-9,15,17-20H,1-2H3,(H2,16,22,23). The highest BCUT2D eigenvalue weighted by Crippen LogP contribution is 2.33. The van der Waals surface area contributed by atoms with Crippen LogP contribution < -0.4 is 27.1 Å². The molecular weight excluding hydrogens is 392 g/mol. The van der Waals surface area contributed by atoms with Gasteiger partial charge in [0.2, 0.25) is 20.0 Å². The molecule has 10 nitrogen and oxygen atoms in total. The van der Waals surface area contributed by atoms with Crippen molar-refractivity contribution in [3.8, 4) is 11.1 Å². The average molecular weight is 412 g/mol. The van der Waals surface area contributed by atoms with E-state index in [9.17, 15) is 16.8 Å². The van der Waals surface area contributed by atoms with E-state index in [1.165, 1.54) is 32.3 Å². The first-order valence-corrected chi connectivity index (χ1v) is 10.8. The Balaban J connectivity index is 2.15. The van der Waals surface area contributed by atoms with Gasteiger partial charge in [0.15, 0.2) is 0 Å². The summed E-state index contributed by atoms with van der Waals surface area (Å²) < 4.78 is 49.7. The average Bonchev–Trinajstić information content (AvgIpc) is 3.14. The molecule has 0 aromatic heterocycles. The van der Waals surface area contributed by atoms with E-state index in [0.29, 0.717) is 16.7 Å². The number of benzene rings is 2. The van der Waals surface area contributed by atoms with E-state index in [0.717, 1.165) is 4.31 Å². The number of hydrogen-bond donors (Lipinski definition) is 5. The van der Waals surface area contributed by atoms with Gasteiger partial charge in [-0.2, -0.15) is 11.1 Å². The zero-order chi connectivity index (χ0) is 19.8. The molecule has 2 aromatic rings. The first-order chi connectivity index (χ1) is 12.6. The van der Waals surface area contributed by atoms with E-state index < -0.39 is 26.2 Å². The summed E-state index contributed by atoms with van der Waals surface area (Å²) in [4.78, 5) is 0.0985. The van der Waals surface area contributed by atoms with Gasteiger partial charge in [-0.05, 0) is 29.3 Å². The van der Waals surface area contributed by atoms with Crippen molar-refractivity contribution in [3.05, 3.63) is 48.0 Å². The van der Waals surface area contributed by atoms with Gasteiger partial charge in [-0.3, -0.25) is 0 Å². The highest BCUT2D eigenvalue weighted by molar-refractivity contribution is 7.89. The lowest BCUT2D eigenvalue weighted by molar-refractivity contribution is 0.521. The number of nitrogens with two attached hydrogens (primary N) is 1. The molecule has 27 heavy (non-hydrogen) atoms. The predicted octanol–water partition coefficient (Wildman–Crippen LogP) is -0.633. The Morgan fingerprint density at radius 2 is 1.52 bits per heavy atom. The largest absolute Gasteiger partial charge is 0.242 e. The second-order valence-electron chi connectivity index (χ2n) is 6.05. The molecule has 0 unspecified atom stereocenters. The van der Waals surface area contributed by atoms with Crippen LogP contribution in [0.2, 0.25) is 0 Å². The van der Waals surface area contributed by atoms with E-state index in [2.05, 4.69) is 21.9 Å². The van der Waals surface area contributed by atoms with E-state index in [4.69, 9.17) is 5.14 Å². The van der Waals surface area contributed by atoms with Gasteiger partial charge < -0.3 is 0 Å². The van der Waals surface area contributed by atoms with Crippen LogP contribution >= 0.6 is 0 Å². The molecule has 1 aliphatic heterocycles. The summed E-state index contributed by atoms with van der Waals surface area (Å²) in [5, 5.41) is 5.38. The fraction of sp³-hybridized carbons (Fsp3) is 0.200. The van der Waals surface area contributed by atoms with Crippen LogP contribution in [-0.2, 0) is 20.0 Å². The van der Waals surface area contributed by atoms with Crippen molar-refractivity contribution in [2.24, 2.45) is 5.14 Å². The molecule has 0 aliphatic carbocycles. The monoisotopic (exact) mass is 412 g/mol. The first-order valence-electron chi connectivity index (χ1n) is 7.82. The number of primary sulfonamides is 1. The molecule has 1 heterocycles. The summed E-state index contributed by atoms with van der Waals surface area (Å²) >= 11 is 0. The molecule has 0 amide bonds. The summed E-state index contributed by atoms with van der Waals surface area (Å²) in [6.07, 6.45) is -0.584. The summed E-state index contributed by atoms with van der Waals surface area (Å²) in [6, 6.07) is 10.9. The van der Waals surface area contributed by atoms with E-state index in [1.807, 2.05) is 0 Å². The minimum Gasteiger partial charge on any atom is -0.225 e. The Bertz CT molecular complexity index is 1050. The number of rotatable bonds is 5. The Morgan fingerprint density at radius 1 is 0.926 bits per heavy atom. The summed E-state index contributed by atoms with van der Waals surface area (Å²) in [5.74, 6) is 0. The molecule has 6 N–H and O–H groups in total. The Morgan fingerprint density at radius 3 is 2.04 bits per heavy atom. The third-order valence-electron chi connectivity index (χ3n) is 4.10. The number of nitrogens with zero attached hydrogens (tertiary/aromatic N) is 1. The molecule has 1 fully saturated rings. The zero-order valence-corrected chi connectivity index (χ0v) is 16.2. The van der Waals surface area contributed by atoms with Crippen LogP contribution in [0.3, 0.4) is 0 Å². The van der Waals surface area contributed by atoms with Crippen molar-refractivity contribution >= 4 is 20.0 Å². The molecule has 0 spiro atoms. The fourth-order valence-electron chi connectivity index (χ4n) is 2.76. The van der Waals surface area contributed by atoms with Gasteiger partial charge in [0.1, 0.15) is 6.17 Å². The van der Waals surface area contributed by atoms with Crippen molar-refractivity contribution in [1.29, 1.82) is 0 Å². The summed E-state index contributed by atoms with van der Waals surface area (Å²) in [5.41, 5.74) is 12.6. The zero-order valence-electron chi connectivity index (χ0n) is 14.6. The van der Waals surface area contributed by atoms with Crippen LogP contribution in [0.4, 0.5) is 0 Å². The fourth-order valence-corrected chi connectivity index (χ4v) is 4.46. The molecule has 146 valence electrons. The number of nitrogens with one attached hydrogen (secondary N) is 4. The van der Waals surface area contributed by atoms with Gasteiger partial charge in [-0.15, -0.1) is 0 Å². The Hall–Kier alpha value is -1.90. The predicted molar refractivity (Wildman–Crippen MR) is 99.4 cm³/mol. The number of hydrogen-bond acceptors (Lipinski definition) is 8. The van der Waals surface area contributed by atoms with Crippen LogP contribution in [0.1, 0.15) is 11.7 Å². The lowest BCUT2D eigenvalue weighted by Gasteiger charge is -2.19. The molecule has 1 saturated heterocycles. The highest BCUT2D eigenvalue weighted by Gasteiger charge is 2.27. The minimum atomic E-state index is -3.98. The van der Waals surface area contributed by atoms with Crippen LogP contribution in [0.5, 0.6) is 0 Å². The van der Waals surface area contributed by atoms with Gasteiger partial charge in [0.05, 0.1) is 9.79 Å². The molecule has 12 heteroatoms. The Labute approximate surface area is 157 Å². The minimum absolute atomic E-state index is 0.0412. The smallest absolute Gasteiger partial charge is 0.225 e. The number of hydrazine groups is 3. The van der Waals surface area contributed by atoms with Crippen LogP contribution in [0, 0.1) is 0 Å². The SMILES string of the molecule is CN(C)S(=O)(=O)c1ccc(-c2cccc(S(N)(=O)=O)c2C2NNNN2)cc1. The van der Waals surface area contributed by atoms with Crippen molar-refractivity contribution in [2.75, 3.05) is 14.1 Å². The topological polar surface area (TPSA) is 146 Å². The molecule has 0 bridgehead atoms. The van der Waals surface area contributed by atoms with Crippen LogP contribution in [0.15, 0.2) is 52.3 Å². The van der Waals surface area contributed by atoms with Crippen molar-refractivity contribution in [3.63, 3.8) is 0 Å². The highest BCUT2D eigenvalue weighted by atomic mass is 32.2. The second kappa shape index (κ2) is 7.26. The maximum atomic E-state index is 12.2. The maximum Gasteiger partial charge on any atom is 0.242 e. The maximum absolute atomic E-state index is 12.2. The molecule has 3 rings (SSSR count). The van der Waals surface area contributed by atoms with Crippen molar-refractivity contribution < 1.29 is 16.8 Å². The van der Waals surface area contributed by atoms with Crippen molar-refractivity contribution in [2.45, 2.75) is 16.0 Å². The molecule has 0 atom stereocenters. The molecule has 2 aromatic carbocycles. The third-order valence-corrected chi connectivity index (χ3v) is 6.90. The molecule has 1 aliphatic rings. The first kappa shape index (κ1) is 19.9. The van der Waals surface area contributed by atoms with Crippen LogP contribution in [-0.4, -0.2) is 35.2 Å². The Kier molecular flexibility index (Phi) is 5.33. The lowest BCUT2D eigenvalue weighted by Crippen LogP contribution is -2.33. The quantitative estimate of drug-likeness (QED) is 0.436. The summed E-state index contributed by atoms with van der Waals surface area (Å²) in [7, 11) is -4.64. The normalized spacial score (nSPS) is 16.1. The number of sulfonamides is 2. The molecular formula is C15H20N6O4S2. The van der Waals surface area contributed by atoms with Gasteiger partial charge >= 0.3 is 0 Å². The van der Waals surface area contributed by atoms with Gasteiger partial charge in [-0.25, -0.2) is 37.1 Å². The van der Waals surface area contributed by atoms with Crippen molar-refractivity contribution in [1.82, 2.24) is 26.2 Å². The molecule has 0 radical (unpaired) electrons. The van der Waals surface area contributed by atoms with Crippen LogP contribution in [0.25, 0.3) is 11.1 Å². The third kappa shape index (κ3) is 3.88. The second-order valence-corrected chi connectivity index (χ2v) is 9.73. The molecule has 0 saturated carbocycles. The van der Waals surface area contributed by atoms with Gasteiger partial charge in [0.25, 0.3) is 0 Å². The summed E-state index contributed by atoms with van der Waals surface area (Å²) in [6.45, 7) is 0. The van der Waals surface area contributed by atoms with E-state index >= 15 is 0 Å².